The van der Waals surface area contributed by atoms with Gasteiger partial charge in [0.15, 0.2) is 0 Å². The molecule has 0 saturated carbocycles. The number of anilines is 1. The Morgan fingerprint density at radius 3 is 2.79 bits per heavy atom. The van der Waals surface area contributed by atoms with Gasteiger partial charge in [-0.1, -0.05) is 18.2 Å². The highest BCUT2D eigenvalue weighted by Crippen LogP contribution is 2.21. The van der Waals surface area contributed by atoms with Crippen molar-refractivity contribution in [2.75, 3.05) is 38.7 Å². The predicted octanol–water partition coefficient (Wildman–Crippen LogP) is 3.20. The first-order valence-corrected chi connectivity index (χ1v) is 9.58. The van der Waals surface area contributed by atoms with Crippen LogP contribution in [0.5, 0.6) is 0 Å². The second-order valence-corrected chi connectivity index (χ2v) is 6.91. The van der Waals surface area contributed by atoms with Gasteiger partial charge in [-0.2, -0.15) is 0 Å². The third kappa shape index (κ3) is 5.36. The first-order chi connectivity index (χ1) is 13.7. The number of furan rings is 1. The second-order valence-electron chi connectivity index (χ2n) is 6.91. The van der Waals surface area contributed by atoms with Crippen molar-refractivity contribution in [2.24, 2.45) is 5.92 Å². The molecule has 7 nitrogen and oxygen atoms in total. The minimum Gasteiger partial charge on any atom is -0.467 e. The Labute approximate surface area is 165 Å². The van der Waals surface area contributed by atoms with E-state index in [-0.39, 0.29) is 17.9 Å². The van der Waals surface area contributed by atoms with Crippen LogP contribution in [0.3, 0.4) is 0 Å². The molecule has 1 atom stereocenters. The fourth-order valence-corrected chi connectivity index (χ4v) is 3.40. The van der Waals surface area contributed by atoms with E-state index in [4.69, 9.17) is 9.15 Å². The van der Waals surface area contributed by atoms with Crippen LogP contribution in [-0.2, 0) is 16.1 Å². The summed E-state index contributed by atoms with van der Waals surface area (Å²) in [4.78, 5) is 29.2. The Hall–Kier alpha value is -2.80. The van der Waals surface area contributed by atoms with Gasteiger partial charge in [0.2, 0.25) is 5.91 Å². The number of hydrogen-bond donors (Lipinski definition) is 1. The number of carbonyl (C=O) groups excluding carboxylic acids is 2. The van der Waals surface area contributed by atoms with Crippen LogP contribution >= 0.6 is 0 Å². The largest absolute Gasteiger partial charge is 0.467 e. The molecule has 1 saturated heterocycles. The van der Waals surface area contributed by atoms with Gasteiger partial charge in [-0.05, 0) is 37.1 Å². The van der Waals surface area contributed by atoms with Crippen LogP contribution in [0.2, 0.25) is 0 Å². The van der Waals surface area contributed by atoms with Crippen molar-refractivity contribution in [3.05, 3.63) is 54.5 Å². The van der Waals surface area contributed by atoms with E-state index in [1.54, 1.807) is 23.2 Å². The van der Waals surface area contributed by atoms with Gasteiger partial charge in [0.05, 0.1) is 25.3 Å². The van der Waals surface area contributed by atoms with E-state index in [1.165, 1.54) is 0 Å². The smallest absolute Gasteiger partial charge is 0.321 e. The minimum absolute atomic E-state index is 0.0330. The third-order valence-corrected chi connectivity index (χ3v) is 4.89. The lowest BCUT2D eigenvalue weighted by Gasteiger charge is -2.34. The van der Waals surface area contributed by atoms with E-state index < -0.39 is 0 Å². The van der Waals surface area contributed by atoms with Gasteiger partial charge < -0.3 is 24.3 Å². The Kier molecular flexibility index (Phi) is 7.08. The molecule has 1 aromatic carbocycles. The summed E-state index contributed by atoms with van der Waals surface area (Å²) in [5.41, 5.74) is 0.750. The number of urea groups is 1. The molecule has 0 bridgehead atoms. The van der Waals surface area contributed by atoms with E-state index >= 15 is 0 Å². The molecule has 1 N–H and O–H groups in total. The maximum Gasteiger partial charge on any atom is 0.321 e. The molecule has 2 heterocycles. The predicted molar refractivity (Wildman–Crippen MR) is 106 cm³/mol. The number of para-hydroxylation sites is 1. The van der Waals surface area contributed by atoms with Crippen molar-refractivity contribution in [3.63, 3.8) is 0 Å². The Morgan fingerprint density at radius 2 is 2.07 bits per heavy atom. The van der Waals surface area contributed by atoms with Crippen LogP contribution in [0.4, 0.5) is 10.5 Å². The number of nitrogens with one attached hydrogen (secondary N) is 1. The zero-order valence-electron chi connectivity index (χ0n) is 16.2. The molecule has 1 aliphatic rings. The molecule has 0 radical (unpaired) electrons. The van der Waals surface area contributed by atoms with Crippen LogP contribution in [0.15, 0.2) is 53.1 Å². The number of amides is 3. The van der Waals surface area contributed by atoms with E-state index in [2.05, 4.69) is 5.32 Å². The zero-order valence-corrected chi connectivity index (χ0v) is 16.2. The average molecular weight is 385 g/mol. The number of ether oxygens (including phenoxy) is 1. The van der Waals surface area contributed by atoms with E-state index in [0.717, 1.165) is 24.3 Å². The number of hydrogen-bond acceptors (Lipinski definition) is 4. The van der Waals surface area contributed by atoms with E-state index in [0.29, 0.717) is 32.8 Å². The van der Waals surface area contributed by atoms with Crippen molar-refractivity contribution in [1.82, 2.24) is 9.80 Å². The molecule has 1 aromatic heterocycles. The molecule has 3 amide bonds. The topological polar surface area (TPSA) is 75.0 Å². The lowest BCUT2D eigenvalue weighted by Crippen LogP contribution is -2.48. The van der Waals surface area contributed by atoms with Crippen molar-refractivity contribution < 1.29 is 18.7 Å². The highest BCUT2D eigenvalue weighted by molar-refractivity contribution is 5.90. The maximum absolute atomic E-state index is 13.1. The van der Waals surface area contributed by atoms with Gasteiger partial charge in [-0.15, -0.1) is 0 Å². The molecule has 7 heteroatoms. The van der Waals surface area contributed by atoms with Gasteiger partial charge in [0.1, 0.15) is 5.76 Å². The zero-order chi connectivity index (χ0) is 19.8. The summed E-state index contributed by atoms with van der Waals surface area (Å²) in [6.45, 7) is 2.42. The summed E-state index contributed by atoms with van der Waals surface area (Å²) >= 11 is 0. The SMILES string of the molecule is COCCN(Cc1ccco1)C(=O)C1CCCN(C(=O)Nc2ccccc2)C1. The average Bonchev–Trinajstić information content (AvgIpc) is 3.24. The lowest BCUT2D eigenvalue weighted by molar-refractivity contribution is -0.138. The molecule has 1 unspecified atom stereocenters. The number of benzene rings is 1. The standard InChI is InChI=1S/C21H27N3O4/c1-27-14-12-23(16-19-10-6-13-28-19)20(25)17-7-5-11-24(15-17)21(26)22-18-8-3-2-4-9-18/h2-4,6,8-10,13,17H,5,7,11-12,14-16H2,1H3,(H,22,26). The van der Waals surface area contributed by atoms with Gasteiger partial charge in [0, 0.05) is 32.4 Å². The summed E-state index contributed by atoms with van der Waals surface area (Å²) < 4.78 is 10.6. The Bertz CT molecular complexity index is 748. The monoisotopic (exact) mass is 385 g/mol. The molecular formula is C21H27N3O4. The number of carbonyl (C=O) groups is 2. The molecule has 3 rings (SSSR count). The normalized spacial score (nSPS) is 16.6. The van der Waals surface area contributed by atoms with Crippen LogP contribution in [0.1, 0.15) is 18.6 Å². The van der Waals surface area contributed by atoms with Gasteiger partial charge in [0.25, 0.3) is 0 Å². The minimum atomic E-state index is -0.220. The van der Waals surface area contributed by atoms with Crippen molar-refractivity contribution in [2.45, 2.75) is 19.4 Å². The fourth-order valence-electron chi connectivity index (χ4n) is 3.40. The Balaban J connectivity index is 1.61. The van der Waals surface area contributed by atoms with Crippen molar-refractivity contribution >= 4 is 17.6 Å². The molecular weight excluding hydrogens is 358 g/mol. The Morgan fingerprint density at radius 1 is 1.25 bits per heavy atom. The van der Waals surface area contributed by atoms with Crippen LogP contribution in [0.25, 0.3) is 0 Å². The molecule has 1 fully saturated rings. The lowest BCUT2D eigenvalue weighted by atomic mass is 9.96. The summed E-state index contributed by atoms with van der Waals surface area (Å²) in [5, 5.41) is 2.90. The number of piperidine rings is 1. The molecule has 1 aliphatic heterocycles. The molecule has 0 spiro atoms. The van der Waals surface area contributed by atoms with Crippen LogP contribution < -0.4 is 5.32 Å². The quantitative estimate of drug-likeness (QED) is 0.794. The summed E-state index contributed by atoms with van der Waals surface area (Å²) in [5.74, 6) is 0.548. The molecule has 150 valence electrons. The van der Waals surface area contributed by atoms with Gasteiger partial charge in [-0.3, -0.25) is 4.79 Å². The number of likely N-dealkylation sites (tertiary alicyclic amines) is 1. The van der Waals surface area contributed by atoms with E-state index in [1.807, 2.05) is 42.5 Å². The summed E-state index contributed by atoms with van der Waals surface area (Å²) in [6.07, 6.45) is 3.18. The number of nitrogens with zero attached hydrogens (tertiary/aromatic N) is 2. The molecule has 28 heavy (non-hydrogen) atoms. The van der Waals surface area contributed by atoms with Crippen molar-refractivity contribution in [1.29, 1.82) is 0 Å². The van der Waals surface area contributed by atoms with Crippen LogP contribution in [-0.4, -0.2) is 55.1 Å². The summed E-state index contributed by atoms with van der Waals surface area (Å²) in [6, 6.07) is 12.8. The number of methoxy groups -OCH3 is 1. The molecule has 2 aromatic rings. The molecule has 0 aliphatic carbocycles. The first-order valence-electron chi connectivity index (χ1n) is 9.58. The highest BCUT2D eigenvalue weighted by atomic mass is 16.5. The van der Waals surface area contributed by atoms with Gasteiger partial charge in [-0.25, -0.2) is 4.79 Å². The van der Waals surface area contributed by atoms with Crippen LogP contribution in [0, 0.1) is 5.92 Å². The first kappa shape index (κ1) is 19.9. The third-order valence-electron chi connectivity index (χ3n) is 4.89. The highest BCUT2D eigenvalue weighted by Gasteiger charge is 2.31. The summed E-state index contributed by atoms with van der Waals surface area (Å²) in [7, 11) is 1.62. The van der Waals surface area contributed by atoms with Crippen molar-refractivity contribution in [3.8, 4) is 0 Å². The maximum atomic E-state index is 13.1. The second kappa shape index (κ2) is 9.94. The fraction of sp³-hybridized carbons (Fsp3) is 0.429. The van der Waals surface area contributed by atoms with Gasteiger partial charge >= 0.3 is 6.03 Å². The number of rotatable bonds is 7. The van der Waals surface area contributed by atoms with E-state index in [9.17, 15) is 9.59 Å².